The van der Waals surface area contributed by atoms with Crippen molar-refractivity contribution < 1.29 is 9.96 Å². The monoisotopic (exact) mass is 227 g/mol. The van der Waals surface area contributed by atoms with Crippen molar-refractivity contribution >= 4 is 29.6 Å². The van der Waals surface area contributed by atoms with Crippen molar-refractivity contribution in [1.29, 1.82) is 0 Å². The van der Waals surface area contributed by atoms with Crippen molar-refractivity contribution in [2.45, 2.75) is 53.4 Å². The Balaban J connectivity index is -0.000000720. The van der Waals surface area contributed by atoms with Crippen LogP contribution < -0.4 is 0 Å². The van der Waals surface area contributed by atoms with E-state index in [2.05, 4.69) is 27.7 Å². The third-order valence-corrected chi connectivity index (χ3v) is 2.79. The van der Waals surface area contributed by atoms with Gasteiger partial charge < -0.3 is 9.96 Å². The van der Waals surface area contributed by atoms with Crippen LogP contribution in [0.25, 0.3) is 0 Å². The molecule has 0 bridgehead atoms. The van der Waals surface area contributed by atoms with Gasteiger partial charge in [0.2, 0.25) is 0 Å². The first-order chi connectivity index (χ1) is 6.24. The van der Waals surface area contributed by atoms with Crippen molar-refractivity contribution in [2.75, 3.05) is 26.2 Å². The molecule has 0 unspecified atom stereocenters. The van der Waals surface area contributed by atoms with Crippen LogP contribution in [0.1, 0.15) is 53.4 Å². The maximum atomic E-state index is 2.31. The van der Waals surface area contributed by atoms with Crippen LogP contribution in [-0.4, -0.2) is 65.7 Å². The molecular weight excluding hydrogens is 197 g/mol. The average molecular weight is 227 g/mol. The zero-order valence-corrected chi connectivity index (χ0v) is 10.6. The molecule has 2 nitrogen and oxygen atoms in total. The molecule has 0 amide bonds. The van der Waals surface area contributed by atoms with Crippen LogP contribution in [0, 0.1) is 0 Å². The summed E-state index contributed by atoms with van der Waals surface area (Å²) in [6.07, 6.45) is 5.33. The molecule has 0 heterocycles. The molecule has 0 saturated heterocycles. The molecule has 0 aliphatic rings. The molecular formula is C12H30NNaO. The second-order valence-electron chi connectivity index (χ2n) is 4.24. The second kappa shape index (κ2) is 13.0. The smallest absolute Gasteiger partial charge is 0.870 e. The van der Waals surface area contributed by atoms with Gasteiger partial charge in [-0.2, -0.15) is 0 Å². The van der Waals surface area contributed by atoms with Crippen molar-refractivity contribution in [3.8, 4) is 0 Å². The Morgan fingerprint density at radius 1 is 0.600 bits per heavy atom. The first-order valence-electron chi connectivity index (χ1n) is 6.09. The van der Waals surface area contributed by atoms with Crippen LogP contribution in [0.3, 0.4) is 0 Å². The summed E-state index contributed by atoms with van der Waals surface area (Å²) in [4.78, 5) is 0. The molecule has 0 saturated carbocycles. The SMILES string of the molecule is CCC[N+](CCC)(CCC)CCC.[NaH].[OH-]. The Morgan fingerprint density at radius 3 is 0.933 bits per heavy atom. The van der Waals surface area contributed by atoms with Crippen LogP contribution in [0.5, 0.6) is 0 Å². The van der Waals surface area contributed by atoms with E-state index in [0.29, 0.717) is 0 Å². The molecule has 0 fully saturated rings. The third-order valence-electron chi connectivity index (χ3n) is 2.79. The molecule has 90 valence electrons. The van der Waals surface area contributed by atoms with Crippen LogP contribution in [0.4, 0.5) is 0 Å². The molecule has 0 rings (SSSR count). The molecule has 3 heteroatoms. The van der Waals surface area contributed by atoms with E-state index < -0.39 is 0 Å². The van der Waals surface area contributed by atoms with Gasteiger partial charge in [-0.3, -0.25) is 0 Å². The van der Waals surface area contributed by atoms with Crippen molar-refractivity contribution in [1.82, 2.24) is 0 Å². The summed E-state index contributed by atoms with van der Waals surface area (Å²) in [6.45, 7) is 14.8. The fourth-order valence-electron chi connectivity index (χ4n) is 2.57. The van der Waals surface area contributed by atoms with Crippen molar-refractivity contribution in [3.63, 3.8) is 0 Å². The average Bonchev–Trinajstić information content (AvgIpc) is 2.06. The predicted molar refractivity (Wildman–Crippen MR) is 70.0 cm³/mol. The predicted octanol–water partition coefficient (Wildman–Crippen LogP) is 2.62. The topological polar surface area (TPSA) is 30.0 Å². The quantitative estimate of drug-likeness (QED) is 0.463. The molecule has 0 atom stereocenters. The molecule has 0 spiro atoms. The number of hydrogen-bond donors (Lipinski definition) is 0. The summed E-state index contributed by atoms with van der Waals surface area (Å²) in [5.41, 5.74) is 0. The summed E-state index contributed by atoms with van der Waals surface area (Å²) in [7, 11) is 0. The Bertz CT molecular complexity index is 90.7. The minimum absolute atomic E-state index is 0. The fraction of sp³-hybridized carbons (Fsp3) is 1.00. The van der Waals surface area contributed by atoms with Crippen molar-refractivity contribution in [2.24, 2.45) is 0 Å². The van der Waals surface area contributed by atoms with Crippen molar-refractivity contribution in [3.05, 3.63) is 0 Å². The molecule has 0 radical (unpaired) electrons. The number of rotatable bonds is 8. The molecule has 0 aromatic heterocycles. The molecule has 0 aromatic carbocycles. The summed E-state index contributed by atoms with van der Waals surface area (Å²) in [6, 6.07) is 0. The normalized spacial score (nSPS) is 10.4. The van der Waals surface area contributed by atoms with Gasteiger partial charge in [-0.05, 0) is 25.7 Å². The Kier molecular flexibility index (Phi) is 18.4. The zero-order valence-electron chi connectivity index (χ0n) is 10.6. The number of hydrogen-bond acceptors (Lipinski definition) is 1. The van der Waals surface area contributed by atoms with E-state index in [9.17, 15) is 0 Å². The Hall–Kier alpha value is 0.920. The van der Waals surface area contributed by atoms with Crippen LogP contribution in [0.15, 0.2) is 0 Å². The van der Waals surface area contributed by atoms with Gasteiger partial charge in [-0.1, -0.05) is 27.7 Å². The first-order valence-corrected chi connectivity index (χ1v) is 6.09. The standard InChI is InChI=1S/C12H28N.Na.H2O.H/c1-5-9-13(10-6-2,11-7-3)12-8-4;;;/h5-12H2,1-4H3;;1H2;/q+1;;;/p-1. The van der Waals surface area contributed by atoms with Gasteiger partial charge in [-0.25, -0.2) is 0 Å². The zero-order chi connectivity index (χ0) is 10.2. The van der Waals surface area contributed by atoms with Gasteiger partial charge in [0.05, 0.1) is 26.2 Å². The van der Waals surface area contributed by atoms with Gasteiger partial charge in [0.1, 0.15) is 0 Å². The molecule has 0 aliphatic carbocycles. The molecule has 1 N–H and O–H groups in total. The maximum Gasteiger partial charge on any atom is -0.870 e. The minimum atomic E-state index is 0. The molecule has 15 heavy (non-hydrogen) atoms. The molecule has 0 aromatic rings. The van der Waals surface area contributed by atoms with Crippen LogP contribution >= 0.6 is 0 Å². The fourth-order valence-corrected chi connectivity index (χ4v) is 2.57. The van der Waals surface area contributed by atoms with E-state index in [-0.39, 0.29) is 35.0 Å². The third kappa shape index (κ3) is 8.70. The van der Waals surface area contributed by atoms with Gasteiger partial charge in [0.25, 0.3) is 0 Å². The molecule has 0 aliphatic heterocycles. The summed E-state index contributed by atoms with van der Waals surface area (Å²) in [5.74, 6) is 0. The van der Waals surface area contributed by atoms with Gasteiger partial charge in [-0.15, -0.1) is 0 Å². The largest absolute Gasteiger partial charge is 0.870 e. The van der Waals surface area contributed by atoms with Crippen LogP contribution in [-0.2, 0) is 0 Å². The van der Waals surface area contributed by atoms with E-state index in [4.69, 9.17) is 0 Å². The second-order valence-corrected chi connectivity index (χ2v) is 4.24. The Morgan fingerprint density at radius 2 is 0.800 bits per heavy atom. The van der Waals surface area contributed by atoms with E-state index in [1.165, 1.54) is 56.3 Å². The minimum Gasteiger partial charge on any atom is -0.870 e. The number of quaternary nitrogens is 1. The van der Waals surface area contributed by atoms with E-state index in [1.54, 1.807) is 0 Å². The van der Waals surface area contributed by atoms with Gasteiger partial charge in [0, 0.05) is 0 Å². The van der Waals surface area contributed by atoms with Crippen LogP contribution in [0.2, 0.25) is 0 Å². The van der Waals surface area contributed by atoms with E-state index in [0.717, 1.165) is 0 Å². The summed E-state index contributed by atoms with van der Waals surface area (Å²) >= 11 is 0. The van der Waals surface area contributed by atoms with E-state index >= 15 is 0 Å². The Labute approximate surface area is 119 Å². The van der Waals surface area contributed by atoms with Gasteiger partial charge >= 0.3 is 29.6 Å². The van der Waals surface area contributed by atoms with E-state index in [1.807, 2.05) is 0 Å². The van der Waals surface area contributed by atoms with Gasteiger partial charge in [0.15, 0.2) is 0 Å². The summed E-state index contributed by atoms with van der Waals surface area (Å²) < 4.78 is 1.38. The summed E-state index contributed by atoms with van der Waals surface area (Å²) in [5, 5.41) is 0. The maximum absolute atomic E-state index is 2.31. The first kappa shape index (κ1) is 21.2. The number of nitrogens with zero attached hydrogens (tertiary/aromatic N) is 1.